The highest BCUT2D eigenvalue weighted by Gasteiger charge is 2.42. The second-order valence-corrected chi connectivity index (χ2v) is 7.21. The van der Waals surface area contributed by atoms with Crippen molar-refractivity contribution in [3.63, 3.8) is 0 Å². The lowest BCUT2D eigenvalue weighted by molar-refractivity contribution is -0.117. The number of nitrogens with two attached hydrogens (primary N) is 2. The van der Waals surface area contributed by atoms with Gasteiger partial charge in [0.2, 0.25) is 5.91 Å². The number of anilines is 3. The van der Waals surface area contributed by atoms with Gasteiger partial charge < -0.3 is 16.8 Å². The van der Waals surface area contributed by atoms with Crippen LogP contribution in [0.4, 0.5) is 17.2 Å². The summed E-state index contributed by atoms with van der Waals surface area (Å²) in [6.45, 7) is 1.94. The number of amides is 1. The van der Waals surface area contributed by atoms with Crippen molar-refractivity contribution in [1.29, 1.82) is 5.26 Å². The van der Waals surface area contributed by atoms with E-state index in [1.165, 1.54) is 0 Å². The topological polar surface area (TPSA) is 131 Å². The summed E-state index contributed by atoms with van der Waals surface area (Å²) in [6.07, 6.45) is 6.22. The molecule has 2 heterocycles. The molecule has 1 saturated carbocycles. The zero-order valence-corrected chi connectivity index (χ0v) is 15.4. The summed E-state index contributed by atoms with van der Waals surface area (Å²) >= 11 is 0. The van der Waals surface area contributed by atoms with Gasteiger partial charge in [-0.1, -0.05) is 0 Å². The summed E-state index contributed by atoms with van der Waals surface area (Å²) < 4.78 is 0. The van der Waals surface area contributed by atoms with Gasteiger partial charge in [0.15, 0.2) is 0 Å². The summed E-state index contributed by atoms with van der Waals surface area (Å²) in [7, 11) is 0. The quantitative estimate of drug-likeness (QED) is 0.603. The van der Waals surface area contributed by atoms with Gasteiger partial charge in [0, 0.05) is 41.4 Å². The number of rotatable bonds is 4. The monoisotopic (exact) mass is 372 g/mol. The van der Waals surface area contributed by atoms with Crippen LogP contribution in [0.15, 0.2) is 36.8 Å². The number of nitriles is 1. The Morgan fingerprint density at radius 1 is 1.25 bits per heavy atom. The summed E-state index contributed by atoms with van der Waals surface area (Å²) in [5.74, 6) is 0.437. The van der Waals surface area contributed by atoms with Gasteiger partial charge >= 0.3 is 0 Å². The number of fused-ring (bicyclic) bond motifs is 1. The molecule has 0 aliphatic heterocycles. The van der Waals surface area contributed by atoms with Crippen molar-refractivity contribution in [3.8, 4) is 17.2 Å². The molecule has 140 valence electrons. The SMILES string of the molecule is Cc1c(N)cncc1-c1cc(N)c2cnc(NC(=O)C3CC3CC#N)cc2c1. The highest BCUT2D eigenvalue weighted by molar-refractivity contribution is 6.00. The van der Waals surface area contributed by atoms with E-state index in [1.54, 1.807) is 18.6 Å². The fraction of sp³-hybridized carbons (Fsp3) is 0.238. The van der Waals surface area contributed by atoms with E-state index in [0.717, 1.165) is 33.9 Å². The van der Waals surface area contributed by atoms with Crippen LogP contribution < -0.4 is 16.8 Å². The smallest absolute Gasteiger partial charge is 0.228 e. The van der Waals surface area contributed by atoms with Crippen LogP contribution in [0, 0.1) is 30.1 Å². The first-order valence-corrected chi connectivity index (χ1v) is 9.05. The summed E-state index contributed by atoms with van der Waals surface area (Å²) in [5.41, 5.74) is 16.2. The van der Waals surface area contributed by atoms with Crippen molar-refractivity contribution < 1.29 is 4.79 Å². The summed E-state index contributed by atoms with van der Waals surface area (Å²) in [5, 5.41) is 13.3. The molecule has 7 heteroatoms. The van der Waals surface area contributed by atoms with Crippen molar-refractivity contribution in [2.24, 2.45) is 11.8 Å². The number of benzene rings is 1. The molecule has 3 aromatic rings. The lowest BCUT2D eigenvalue weighted by Gasteiger charge is -2.12. The Hall–Kier alpha value is -3.66. The molecular formula is C21H20N6O. The summed E-state index contributed by atoms with van der Waals surface area (Å²) in [6, 6.07) is 7.79. The molecule has 1 aliphatic carbocycles. The Labute approximate surface area is 162 Å². The maximum atomic E-state index is 12.3. The Bertz CT molecular complexity index is 1130. The first-order valence-electron chi connectivity index (χ1n) is 9.05. The number of nitrogens with zero attached hydrogens (tertiary/aromatic N) is 3. The number of nitrogens with one attached hydrogen (secondary N) is 1. The van der Waals surface area contributed by atoms with Crippen molar-refractivity contribution in [2.75, 3.05) is 16.8 Å². The minimum absolute atomic E-state index is 0.0906. The molecule has 28 heavy (non-hydrogen) atoms. The molecule has 1 amide bonds. The molecule has 1 aromatic carbocycles. The van der Waals surface area contributed by atoms with Gasteiger partial charge in [0.25, 0.3) is 0 Å². The first kappa shape index (κ1) is 17.7. The first-order chi connectivity index (χ1) is 13.5. The third kappa shape index (κ3) is 3.21. The fourth-order valence-corrected chi connectivity index (χ4v) is 3.47. The minimum Gasteiger partial charge on any atom is -0.398 e. The molecule has 1 fully saturated rings. The molecule has 7 nitrogen and oxygen atoms in total. The Kier molecular flexibility index (Phi) is 4.32. The van der Waals surface area contributed by atoms with Crippen molar-refractivity contribution >= 4 is 33.9 Å². The van der Waals surface area contributed by atoms with Crippen LogP contribution in [-0.4, -0.2) is 15.9 Å². The number of pyridine rings is 2. The standard InChI is InChI=1S/C21H20N6O/c1-11-16(8-25-10-19(11)24)13-4-14-7-20(26-9-17(14)18(23)6-13)27-21(28)15-5-12(15)2-3-22/h4,6-10,12,15H,2,5,23-24H2,1H3,(H,26,27,28). The van der Waals surface area contributed by atoms with Crippen LogP contribution in [-0.2, 0) is 4.79 Å². The molecule has 4 rings (SSSR count). The van der Waals surface area contributed by atoms with E-state index in [4.69, 9.17) is 16.7 Å². The van der Waals surface area contributed by atoms with Crippen molar-refractivity contribution in [1.82, 2.24) is 9.97 Å². The maximum Gasteiger partial charge on any atom is 0.228 e. The highest BCUT2D eigenvalue weighted by atomic mass is 16.2. The van der Waals surface area contributed by atoms with Gasteiger partial charge in [-0.3, -0.25) is 9.78 Å². The summed E-state index contributed by atoms with van der Waals surface area (Å²) in [4.78, 5) is 20.8. The van der Waals surface area contributed by atoms with Gasteiger partial charge in [-0.2, -0.15) is 5.26 Å². The number of carbonyl (C=O) groups excluding carboxylic acids is 1. The van der Waals surface area contributed by atoms with Crippen LogP contribution >= 0.6 is 0 Å². The molecular weight excluding hydrogens is 352 g/mol. The normalized spacial score (nSPS) is 17.9. The molecule has 5 N–H and O–H groups in total. The zero-order chi connectivity index (χ0) is 19.8. The van der Waals surface area contributed by atoms with Crippen molar-refractivity contribution in [2.45, 2.75) is 19.8 Å². The van der Waals surface area contributed by atoms with E-state index in [-0.39, 0.29) is 17.7 Å². The fourth-order valence-electron chi connectivity index (χ4n) is 3.47. The van der Waals surface area contributed by atoms with E-state index < -0.39 is 0 Å². The maximum absolute atomic E-state index is 12.3. The van der Waals surface area contributed by atoms with Crippen LogP contribution in [0.5, 0.6) is 0 Å². The average Bonchev–Trinajstić information content (AvgIpc) is 3.43. The Morgan fingerprint density at radius 3 is 2.86 bits per heavy atom. The predicted octanol–water partition coefficient (Wildman–Crippen LogP) is 3.26. The number of hydrogen-bond donors (Lipinski definition) is 3. The second kappa shape index (κ2) is 6.82. The van der Waals surface area contributed by atoms with Gasteiger partial charge in [-0.25, -0.2) is 4.98 Å². The number of aromatic nitrogens is 2. The van der Waals surface area contributed by atoms with E-state index in [1.807, 2.05) is 25.1 Å². The lowest BCUT2D eigenvalue weighted by atomic mass is 9.98. The lowest BCUT2D eigenvalue weighted by Crippen LogP contribution is -2.15. The van der Waals surface area contributed by atoms with E-state index in [2.05, 4.69) is 21.4 Å². The van der Waals surface area contributed by atoms with Crippen LogP contribution in [0.25, 0.3) is 21.9 Å². The molecule has 2 aromatic heterocycles. The largest absolute Gasteiger partial charge is 0.398 e. The van der Waals surface area contributed by atoms with Gasteiger partial charge in [-0.15, -0.1) is 0 Å². The molecule has 2 atom stereocenters. The van der Waals surface area contributed by atoms with Crippen LogP contribution in [0.3, 0.4) is 0 Å². The van der Waals surface area contributed by atoms with E-state index >= 15 is 0 Å². The zero-order valence-electron chi connectivity index (χ0n) is 15.4. The minimum atomic E-state index is -0.102. The second-order valence-electron chi connectivity index (χ2n) is 7.21. The van der Waals surface area contributed by atoms with Gasteiger partial charge in [0.1, 0.15) is 5.82 Å². The number of nitrogen functional groups attached to an aromatic ring is 2. The van der Waals surface area contributed by atoms with Crippen molar-refractivity contribution in [3.05, 3.63) is 42.4 Å². The molecule has 1 aliphatic rings. The molecule has 0 radical (unpaired) electrons. The predicted molar refractivity (Wildman–Crippen MR) is 109 cm³/mol. The average molecular weight is 372 g/mol. The third-order valence-electron chi connectivity index (χ3n) is 5.30. The number of carbonyl (C=O) groups is 1. The third-order valence-corrected chi connectivity index (χ3v) is 5.30. The molecule has 2 unspecified atom stereocenters. The number of hydrogen-bond acceptors (Lipinski definition) is 6. The van der Waals surface area contributed by atoms with Crippen LogP contribution in [0.2, 0.25) is 0 Å². The van der Waals surface area contributed by atoms with Gasteiger partial charge in [0.05, 0.1) is 18.0 Å². The molecule has 0 saturated heterocycles. The Balaban J connectivity index is 1.66. The van der Waals surface area contributed by atoms with E-state index in [9.17, 15) is 4.79 Å². The van der Waals surface area contributed by atoms with Crippen LogP contribution in [0.1, 0.15) is 18.4 Å². The molecule has 0 spiro atoms. The van der Waals surface area contributed by atoms with E-state index in [0.29, 0.717) is 23.6 Å². The Morgan fingerprint density at radius 2 is 2.07 bits per heavy atom. The molecule has 0 bridgehead atoms. The van der Waals surface area contributed by atoms with Gasteiger partial charge in [-0.05, 0) is 54.0 Å². The highest BCUT2D eigenvalue weighted by Crippen LogP contribution is 2.41.